The quantitative estimate of drug-likeness (QED) is 0.390. The first-order chi connectivity index (χ1) is 10.7. The molecule has 5 nitrogen and oxygen atoms in total. The molecule has 0 amide bonds. The monoisotopic (exact) mass is 316 g/mol. The standard InChI is InChI=1S/C8H6N2OS.C8H14N2/c9-7-1-2-10-8-6(7)3-5(4-11)12-8;1-3-5-6-8(4-2)10-7-9/h1-4H,(H2,9,10);4-7H,3H2,1-2H3,(H2,9,10)/b;6-5-,8-4+. The molecule has 2 aromatic heterocycles. The van der Waals surface area contributed by atoms with E-state index in [1.54, 1.807) is 18.3 Å². The van der Waals surface area contributed by atoms with Gasteiger partial charge < -0.3 is 11.5 Å². The number of nitrogens with zero attached hydrogens (tertiary/aromatic N) is 2. The van der Waals surface area contributed by atoms with Gasteiger partial charge in [0.2, 0.25) is 0 Å². The van der Waals surface area contributed by atoms with Crippen molar-refractivity contribution in [2.45, 2.75) is 20.3 Å². The molecule has 4 N–H and O–H groups in total. The van der Waals surface area contributed by atoms with Gasteiger partial charge >= 0.3 is 0 Å². The van der Waals surface area contributed by atoms with E-state index >= 15 is 0 Å². The van der Waals surface area contributed by atoms with Crippen molar-refractivity contribution in [2.75, 3.05) is 5.73 Å². The van der Waals surface area contributed by atoms with Gasteiger partial charge in [0.15, 0.2) is 6.29 Å². The van der Waals surface area contributed by atoms with Gasteiger partial charge in [-0.2, -0.15) is 0 Å². The molecule has 0 fully saturated rings. The molecule has 2 rings (SSSR count). The van der Waals surface area contributed by atoms with Crippen LogP contribution in [0.1, 0.15) is 29.9 Å². The van der Waals surface area contributed by atoms with Crippen LogP contribution in [0.4, 0.5) is 5.69 Å². The highest BCUT2D eigenvalue weighted by atomic mass is 32.1. The van der Waals surface area contributed by atoms with E-state index < -0.39 is 0 Å². The molecule has 2 heterocycles. The largest absolute Gasteiger partial charge is 0.398 e. The molecule has 116 valence electrons. The number of nitrogen functional groups attached to an aromatic ring is 1. The Morgan fingerprint density at radius 2 is 2.27 bits per heavy atom. The van der Waals surface area contributed by atoms with E-state index in [4.69, 9.17) is 11.5 Å². The number of hydrogen-bond acceptors (Lipinski definition) is 5. The summed E-state index contributed by atoms with van der Waals surface area (Å²) in [5, 5.41) is 0.865. The van der Waals surface area contributed by atoms with E-state index in [0.717, 1.165) is 28.6 Å². The maximum atomic E-state index is 10.4. The van der Waals surface area contributed by atoms with Gasteiger partial charge in [0, 0.05) is 17.3 Å². The first kappa shape index (κ1) is 17.6. The molecule has 0 aliphatic rings. The number of rotatable bonds is 4. The van der Waals surface area contributed by atoms with Crippen molar-refractivity contribution in [3.63, 3.8) is 0 Å². The van der Waals surface area contributed by atoms with Crippen LogP contribution in [0.2, 0.25) is 0 Å². The van der Waals surface area contributed by atoms with Gasteiger partial charge in [-0.3, -0.25) is 4.79 Å². The summed E-state index contributed by atoms with van der Waals surface area (Å²) in [6.45, 7) is 4.01. The number of carbonyl (C=O) groups is 1. The summed E-state index contributed by atoms with van der Waals surface area (Å²) < 4.78 is 0. The second-order valence-corrected chi connectivity index (χ2v) is 5.25. The van der Waals surface area contributed by atoms with Crippen molar-refractivity contribution < 1.29 is 4.79 Å². The lowest BCUT2D eigenvalue weighted by Crippen LogP contribution is -1.88. The SMILES string of the molecule is C/C=C(\C=C/CC)N=CN.Nc1ccnc2sc(C=O)cc12. The lowest BCUT2D eigenvalue weighted by Gasteiger charge is -1.91. The number of allylic oxidation sites excluding steroid dienone is 3. The number of pyridine rings is 1. The van der Waals surface area contributed by atoms with E-state index in [2.05, 4.69) is 16.9 Å². The highest BCUT2D eigenvalue weighted by Crippen LogP contribution is 2.26. The van der Waals surface area contributed by atoms with Crippen LogP contribution in [0.25, 0.3) is 10.2 Å². The van der Waals surface area contributed by atoms with Gasteiger partial charge in [-0.15, -0.1) is 11.3 Å². The molecule has 0 aliphatic heterocycles. The summed E-state index contributed by atoms with van der Waals surface area (Å²) in [5.74, 6) is 0. The molecular weight excluding hydrogens is 296 g/mol. The Morgan fingerprint density at radius 1 is 1.50 bits per heavy atom. The third kappa shape index (κ3) is 5.14. The molecule has 0 atom stereocenters. The zero-order valence-electron chi connectivity index (χ0n) is 12.7. The second-order valence-electron chi connectivity index (χ2n) is 4.19. The van der Waals surface area contributed by atoms with Crippen LogP contribution in [0.5, 0.6) is 0 Å². The van der Waals surface area contributed by atoms with Crippen LogP contribution in [-0.2, 0) is 0 Å². The molecule has 0 saturated carbocycles. The summed E-state index contributed by atoms with van der Waals surface area (Å²) in [6, 6.07) is 3.49. The number of nitrogens with two attached hydrogens (primary N) is 2. The Morgan fingerprint density at radius 3 is 2.82 bits per heavy atom. The fraction of sp³-hybridized carbons (Fsp3) is 0.188. The number of aliphatic imine (C=N–C) groups is 1. The van der Waals surface area contributed by atoms with Crippen LogP contribution in [0, 0.1) is 0 Å². The molecule has 6 heteroatoms. The lowest BCUT2D eigenvalue weighted by atomic mass is 10.3. The van der Waals surface area contributed by atoms with Gasteiger partial charge in [0.25, 0.3) is 0 Å². The fourth-order valence-electron chi connectivity index (χ4n) is 1.57. The van der Waals surface area contributed by atoms with Crippen molar-refractivity contribution >= 4 is 39.9 Å². The van der Waals surface area contributed by atoms with Crippen molar-refractivity contribution in [1.29, 1.82) is 0 Å². The Bertz CT molecular complexity index is 701. The fourth-order valence-corrected chi connectivity index (χ4v) is 2.42. The molecule has 22 heavy (non-hydrogen) atoms. The van der Waals surface area contributed by atoms with Crippen molar-refractivity contribution in [2.24, 2.45) is 10.7 Å². The van der Waals surface area contributed by atoms with Gasteiger partial charge in [-0.1, -0.05) is 19.1 Å². The predicted molar refractivity (Wildman–Crippen MR) is 95.3 cm³/mol. The number of fused-ring (bicyclic) bond motifs is 1. The maximum Gasteiger partial charge on any atom is 0.160 e. The maximum absolute atomic E-state index is 10.4. The van der Waals surface area contributed by atoms with E-state index in [-0.39, 0.29) is 0 Å². The third-order valence-electron chi connectivity index (χ3n) is 2.65. The van der Waals surface area contributed by atoms with Crippen molar-refractivity contribution in [3.8, 4) is 0 Å². The summed E-state index contributed by atoms with van der Waals surface area (Å²) in [6.07, 6.45) is 10.7. The number of aromatic nitrogens is 1. The zero-order chi connectivity index (χ0) is 16.4. The van der Waals surface area contributed by atoms with Gasteiger partial charge in [-0.25, -0.2) is 9.98 Å². The molecule has 0 radical (unpaired) electrons. The minimum atomic E-state index is 0.662. The van der Waals surface area contributed by atoms with E-state index in [0.29, 0.717) is 10.6 Å². The number of hydrogen-bond donors (Lipinski definition) is 2. The Kier molecular flexibility index (Phi) is 7.56. The normalized spacial score (nSPS) is 11.8. The van der Waals surface area contributed by atoms with E-state index in [9.17, 15) is 4.79 Å². The van der Waals surface area contributed by atoms with Crippen LogP contribution < -0.4 is 11.5 Å². The highest BCUT2D eigenvalue weighted by molar-refractivity contribution is 7.20. The average Bonchev–Trinajstić information content (AvgIpc) is 2.97. The van der Waals surface area contributed by atoms with E-state index in [1.165, 1.54) is 17.7 Å². The number of anilines is 1. The molecule has 2 aromatic rings. The number of carbonyl (C=O) groups excluding carboxylic acids is 1. The van der Waals surface area contributed by atoms with Crippen LogP contribution >= 0.6 is 11.3 Å². The minimum Gasteiger partial charge on any atom is -0.398 e. The van der Waals surface area contributed by atoms with Crippen LogP contribution in [0.15, 0.2) is 47.2 Å². The Hall–Kier alpha value is -2.47. The van der Waals surface area contributed by atoms with Crippen molar-refractivity contribution in [1.82, 2.24) is 4.98 Å². The van der Waals surface area contributed by atoms with E-state index in [1.807, 2.05) is 25.2 Å². The smallest absolute Gasteiger partial charge is 0.160 e. The molecule has 0 unspecified atom stereocenters. The molecular formula is C16H20N4OS. The molecule has 0 spiro atoms. The summed E-state index contributed by atoms with van der Waals surface area (Å²) in [7, 11) is 0. The predicted octanol–water partition coefficient (Wildman–Crippen LogP) is 3.53. The first-order valence-electron chi connectivity index (χ1n) is 6.82. The average molecular weight is 316 g/mol. The number of thiophene rings is 1. The molecule has 0 aromatic carbocycles. The van der Waals surface area contributed by atoms with Gasteiger partial charge in [0.1, 0.15) is 4.83 Å². The zero-order valence-corrected chi connectivity index (χ0v) is 13.5. The molecule has 0 bridgehead atoms. The third-order valence-corrected chi connectivity index (χ3v) is 3.62. The van der Waals surface area contributed by atoms with Crippen LogP contribution in [-0.4, -0.2) is 17.6 Å². The lowest BCUT2D eigenvalue weighted by molar-refractivity contribution is 0.112. The topological polar surface area (TPSA) is 94.4 Å². The van der Waals surface area contributed by atoms with Crippen LogP contribution in [0.3, 0.4) is 0 Å². The minimum absolute atomic E-state index is 0.662. The van der Waals surface area contributed by atoms with Gasteiger partial charge in [0.05, 0.1) is 16.9 Å². The Labute approximate surface area is 134 Å². The number of aldehydes is 1. The second kappa shape index (κ2) is 9.46. The first-order valence-corrected chi connectivity index (χ1v) is 7.64. The highest BCUT2D eigenvalue weighted by Gasteiger charge is 2.03. The molecule has 0 saturated heterocycles. The summed E-state index contributed by atoms with van der Waals surface area (Å²) in [4.78, 5) is 19.9. The van der Waals surface area contributed by atoms with Gasteiger partial charge in [-0.05, 0) is 31.6 Å². The summed E-state index contributed by atoms with van der Waals surface area (Å²) in [5.41, 5.74) is 12.4. The van der Waals surface area contributed by atoms with Crippen molar-refractivity contribution in [3.05, 3.63) is 47.1 Å². The Balaban J connectivity index is 0.000000225. The molecule has 0 aliphatic carbocycles. The summed E-state index contributed by atoms with van der Waals surface area (Å²) >= 11 is 1.35.